The van der Waals surface area contributed by atoms with Crippen LogP contribution < -0.4 is 5.32 Å². The molecule has 0 spiro atoms. The number of likely N-dealkylation sites (tertiary alicyclic amines) is 1. The zero-order chi connectivity index (χ0) is 15.0. The molecule has 1 atom stereocenters. The third-order valence-corrected chi connectivity index (χ3v) is 3.47. The van der Waals surface area contributed by atoms with E-state index >= 15 is 0 Å². The van der Waals surface area contributed by atoms with Gasteiger partial charge in [-0.1, -0.05) is 18.2 Å². The quantitative estimate of drug-likeness (QED) is 0.812. The van der Waals surface area contributed by atoms with E-state index in [0.29, 0.717) is 16.6 Å². The molecule has 1 aromatic carbocycles. The number of imide groups is 1. The van der Waals surface area contributed by atoms with Crippen molar-refractivity contribution in [3.63, 3.8) is 0 Å². The van der Waals surface area contributed by atoms with E-state index in [1.807, 2.05) is 18.2 Å². The van der Waals surface area contributed by atoms with Gasteiger partial charge >= 0.3 is 0 Å². The van der Waals surface area contributed by atoms with Gasteiger partial charge in [-0.3, -0.25) is 14.5 Å². The molecule has 1 fully saturated rings. The fourth-order valence-electron chi connectivity index (χ4n) is 2.32. The molecule has 1 aliphatic rings. The largest absolute Gasteiger partial charge is 0.370 e. The number of rotatable bonds is 2. The van der Waals surface area contributed by atoms with Crippen LogP contribution in [0.5, 0.6) is 0 Å². The van der Waals surface area contributed by atoms with Crippen LogP contribution in [0.15, 0.2) is 24.3 Å². The van der Waals surface area contributed by atoms with Gasteiger partial charge in [-0.05, 0) is 6.07 Å². The highest BCUT2D eigenvalue weighted by molar-refractivity contribution is 6.07. The van der Waals surface area contributed by atoms with E-state index in [4.69, 9.17) is 5.26 Å². The Bertz CT molecular complexity index is 796. The van der Waals surface area contributed by atoms with Crippen molar-refractivity contribution < 1.29 is 9.59 Å². The third kappa shape index (κ3) is 2.07. The molecular formula is C14H11N5O2. The Balaban J connectivity index is 2.06. The summed E-state index contributed by atoms with van der Waals surface area (Å²) in [6, 6.07) is 8.45. The minimum Gasteiger partial charge on any atom is -0.370 e. The molecule has 1 aliphatic heterocycles. The average Bonchev–Trinajstić information content (AvgIpc) is 2.75. The Morgan fingerprint density at radius 3 is 2.76 bits per heavy atom. The van der Waals surface area contributed by atoms with Crippen molar-refractivity contribution >= 4 is 28.4 Å². The Kier molecular flexibility index (Phi) is 2.99. The van der Waals surface area contributed by atoms with Gasteiger partial charge in [0.05, 0.1) is 17.6 Å². The summed E-state index contributed by atoms with van der Waals surface area (Å²) in [5, 5.41) is 20.6. The molecule has 7 heteroatoms. The third-order valence-electron chi connectivity index (χ3n) is 3.47. The van der Waals surface area contributed by atoms with Crippen LogP contribution in [0.25, 0.3) is 10.9 Å². The molecule has 1 unspecified atom stereocenters. The summed E-state index contributed by atoms with van der Waals surface area (Å²) in [7, 11) is 1.44. The van der Waals surface area contributed by atoms with Crippen molar-refractivity contribution in [1.82, 2.24) is 15.1 Å². The van der Waals surface area contributed by atoms with E-state index in [1.165, 1.54) is 7.05 Å². The van der Waals surface area contributed by atoms with Gasteiger partial charge in [-0.15, -0.1) is 10.2 Å². The smallest absolute Gasteiger partial charge is 0.251 e. The molecule has 0 saturated carbocycles. The number of amides is 2. The molecule has 1 aromatic heterocycles. The maximum atomic E-state index is 12.0. The van der Waals surface area contributed by atoms with E-state index in [-0.39, 0.29) is 23.9 Å². The van der Waals surface area contributed by atoms with Crippen LogP contribution in [0.1, 0.15) is 12.1 Å². The van der Waals surface area contributed by atoms with E-state index < -0.39 is 6.04 Å². The Labute approximate surface area is 120 Å². The molecular weight excluding hydrogens is 270 g/mol. The fraction of sp³-hybridized carbons (Fsp3) is 0.214. The van der Waals surface area contributed by atoms with E-state index in [2.05, 4.69) is 15.5 Å². The molecule has 104 valence electrons. The van der Waals surface area contributed by atoms with Crippen molar-refractivity contribution in [3.05, 3.63) is 30.0 Å². The maximum absolute atomic E-state index is 12.0. The zero-order valence-electron chi connectivity index (χ0n) is 11.2. The lowest BCUT2D eigenvalue weighted by Gasteiger charge is -2.14. The Hall–Kier alpha value is -3.01. The first kappa shape index (κ1) is 13.0. The predicted molar refractivity (Wildman–Crippen MR) is 74.1 cm³/mol. The molecule has 0 bridgehead atoms. The second-order valence-corrected chi connectivity index (χ2v) is 4.74. The van der Waals surface area contributed by atoms with E-state index in [9.17, 15) is 9.59 Å². The lowest BCUT2D eigenvalue weighted by Crippen LogP contribution is -2.32. The molecule has 2 heterocycles. The average molecular weight is 281 g/mol. The van der Waals surface area contributed by atoms with Gasteiger partial charge in [-0.25, -0.2) is 0 Å². The van der Waals surface area contributed by atoms with Gasteiger partial charge in [0.1, 0.15) is 12.1 Å². The highest BCUT2D eigenvalue weighted by Crippen LogP contribution is 2.26. The number of nitriles is 1. The van der Waals surface area contributed by atoms with Crippen molar-refractivity contribution in [2.24, 2.45) is 0 Å². The summed E-state index contributed by atoms with van der Waals surface area (Å²) < 4.78 is 0. The van der Waals surface area contributed by atoms with E-state index in [1.54, 1.807) is 12.1 Å². The van der Waals surface area contributed by atoms with Crippen LogP contribution in [0.3, 0.4) is 0 Å². The predicted octanol–water partition coefficient (Wildman–Crippen LogP) is 0.671. The molecule has 2 aromatic rings. The fourth-order valence-corrected chi connectivity index (χ4v) is 2.32. The number of fused-ring (bicyclic) bond motifs is 1. The van der Waals surface area contributed by atoms with Crippen LogP contribution in [0, 0.1) is 11.3 Å². The number of nitrogens with one attached hydrogen (secondary N) is 1. The number of carbonyl (C=O) groups excluding carboxylic acids is 2. The summed E-state index contributed by atoms with van der Waals surface area (Å²) in [6.45, 7) is 0. The van der Waals surface area contributed by atoms with Gasteiger partial charge in [0.2, 0.25) is 5.91 Å². The lowest BCUT2D eigenvalue weighted by atomic mass is 10.1. The second-order valence-electron chi connectivity index (χ2n) is 4.74. The van der Waals surface area contributed by atoms with Crippen molar-refractivity contribution in [2.75, 3.05) is 12.4 Å². The number of likely N-dealkylation sites (N-methyl/N-ethyl adjacent to an activating group) is 1. The van der Waals surface area contributed by atoms with Crippen LogP contribution in [-0.4, -0.2) is 40.0 Å². The highest BCUT2D eigenvalue weighted by atomic mass is 16.2. The van der Waals surface area contributed by atoms with Gasteiger partial charge < -0.3 is 5.32 Å². The molecule has 0 radical (unpaired) electrons. The molecule has 1 saturated heterocycles. The molecule has 0 aliphatic carbocycles. The molecule has 7 nitrogen and oxygen atoms in total. The SMILES string of the molecule is CN1C(=O)CC(Nc2c(C#N)nnc3ccccc23)C1=O. The normalized spacial score (nSPS) is 18.1. The van der Waals surface area contributed by atoms with Crippen LogP contribution in [-0.2, 0) is 9.59 Å². The maximum Gasteiger partial charge on any atom is 0.251 e. The number of benzene rings is 1. The standard InChI is InChI=1S/C14H11N5O2/c1-19-12(20)6-10(14(19)21)16-13-8-4-2-3-5-9(8)17-18-11(13)7-15/h2-5,10H,6H2,1H3,(H,16,17). The van der Waals surface area contributed by atoms with Crippen molar-refractivity contribution in [2.45, 2.75) is 12.5 Å². The van der Waals surface area contributed by atoms with Gasteiger partial charge in [0.25, 0.3) is 5.91 Å². The summed E-state index contributed by atoms with van der Waals surface area (Å²) >= 11 is 0. The molecule has 21 heavy (non-hydrogen) atoms. The number of hydrogen-bond donors (Lipinski definition) is 1. The second kappa shape index (κ2) is 4.83. The number of carbonyl (C=O) groups is 2. The summed E-state index contributed by atoms with van der Waals surface area (Å²) in [5.41, 5.74) is 1.15. The number of aromatic nitrogens is 2. The Morgan fingerprint density at radius 1 is 1.33 bits per heavy atom. The number of hydrogen-bond acceptors (Lipinski definition) is 6. The zero-order valence-corrected chi connectivity index (χ0v) is 11.2. The monoisotopic (exact) mass is 281 g/mol. The summed E-state index contributed by atoms with van der Waals surface area (Å²) in [5.74, 6) is -0.563. The minimum atomic E-state index is -0.679. The van der Waals surface area contributed by atoms with Gasteiger partial charge in [-0.2, -0.15) is 5.26 Å². The van der Waals surface area contributed by atoms with E-state index in [0.717, 1.165) is 4.90 Å². The highest BCUT2D eigenvalue weighted by Gasteiger charge is 2.36. The summed E-state index contributed by atoms with van der Waals surface area (Å²) in [4.78, 5) is 24.6. The number of nitrogens with zero attached hydrogens (tertiary/aromatic N) is 4. The van der Waals surface area contributed by atoms with Crippen molar-refractivity contribution in [1.29, 1.82) is 5.26 Å². The first-order valence-corrected chi connectivity index (χ1v) is 6.34. The van der Waals surface area contributed by atoms with Crippen LogP contribution >= 0.6 is 0 Å². The van der Waals surface area contributed by atoms with Gasteiger partial charge in [0, 0.05) is 12.4 Å². The molecule has 1 N–H and O–H groups in total. The Morgan fingerprint density at radius 2 is 2.10 bits per heavy atom. The van der Waals surface area contributed by atoms with Gasteiger partial charge in [0.15, 0.2) is 5.69 Å². The first-order chi connectivity index (χ1) is 10.1. The minimum absolute atomic E-state index is 0.0663. The van der Waals surface area contributed by atoms with Crippen LogP contribution in [0.4, 0.5) is 5.69 Å². The van der Waals surface area contributed by atoms with Crippen LogP contribution in [0.2, 0.25) is 0 Å². The number of anilines is 1. The summed E-state index contributed by atoms with van der Waals surface area (Å²) in [6.07, 6.45) is 0.0663. The first-order valence-electron chi connectivity index (χ1n) is 6.34. The van der Waals surface area contributed by atoms with Crippen molar-refractivity contribution in [3.8, 4) is 6.07 Å². The topological polar surface area (TPSA) is 99.0 Å². The molecule has 3 rings (SSSR count). The lowest BCUT2D eigenvalue weighted by molar-refractivity contribution is -0.136. The molecule has 2 amide bonds.